The van der Waals surface area contributed by atoms with E-state index in [1.54, 1.807) is 24.3 Å². The molecule has 23 heavy (non-hydrogen) atoms. The van der Waals surface area contributed by atoms with Gasteiger partial charge in [-0.2, -0.15) is 0 Å². The summed E-state index contributed by atoms with van der Waals surface area (Å²) in [6, 6.07) is 14.5. The molecule has 4 heteroatoms. The van der Waals surface area contributed by atoms with Crippen molar-refractivity contribution >= 4 is 28.6 Å². The van der Waals surface area contributed by atoms with Gasteiger partial charge in [-0.3, -0.25) is 9.59 Å². The molecular formula is C19H15NO3. The zero-order valence-electron chi connectivity index (χ0n) is 12.6. The molecule has 1 heterocycles. The minimum absolute atomic E-state index is 0.154. The Kier molecular flexibility index (Phi) is 4.06. The number of para-hydroxylation sites is 1. The first-order valence-electron chi connectivity index (χ1n) is 7.20. The third-order valence-electron chi connectivity index (χ3n) is 3.41. The number of anilines is 1. The molecule has 0 saturated heterocycles. The fraction of sp³-hybridized carbons (Fsp3) is 0.0526. The van der Waals surface area contributed by atoms with Crippen molar-refractivity contribution in [2.75, 3.05) is 5.32 Å². The molecule has 1 aromatic heterocycles. The molecule has 0 aliphatic heterocycles. The highest BCUT2D eigenvalue weighted by Gasteiger charge is 2.05. The lowest BCUT2D eigenvalue weighted by molar-refractivity contribution is -0.111. The summed E-state index contributed by atoms with van der Waals surface area (Å²) in [5.74, 6) is -0.306. The number of carbonyl (C=O) groups is 1. The molecular weight excluding hydrogens is 290 g/mol. The second-order valence-electron chi connectivity index (χ2n) is 5.21. The van der Waals surface area contributed by atoms with Gasteiger partial charge in [0.2, 0.25) is 5.91 Å². The summed E-state index contributed by atoms with van der Waals surface area (Å²) in [6.07, 6.45) is 4.15. The first-order valence-corrected chi connectivity index (χ1v) is 7.20. The van der Waals surface area contributed by atoms with E-state index in [1.807, 2.05) is 31.2 Å². The molecule has 0 bridgehead atoms. The second kappa shape index (κ2) is 6.32. The van der Waals surface area contributed by atoms with Gasteiger partial charge in [-0.15, -0.1) is 0 Å². The van der Waals surface area contributed by atoms with Crippen LogP contribution in [0.15, 0.2) is 70.1 Å². The van der Waals surface area contributed by atoms with E-state index in [9.17, 15) is 9.59 Å². The van der Waals surface area contributed by atoms with E-state index in [0.717, 1.165) is 5.56 Å². The van der Waals surface area contributed by atoms with Gasteiger partial charge < -0.3 is 9.73 Å². The Labute approximate surface area is 133 Å². The van der Waals surface area contributed by atoms with E-state index in [1.165, 1.54) is 18.4 Å². The van der Waals surface area contributed by atoms with Gasteiger partial charge in [0.25, 0.3) is 0 Å². The summed E-state index contributed by atoms with van der Waals surface area (Å²) >= 11 is 0. The zero-order chi connectivity index (χ0) is 16.2. The van der Waals surface area contributed by atoms with E-state index in [0.29, 0.717) is 22.2 Å². The van der Waals surface area contributed by atoms with Crippen LogP contribution in [0, 0.1) is 6.92 Å². The summed E-state index contributed by atoms with van der Waals surface area (Å²) < 4.78 is 5.45. The van der Waals surface area contributed by atoms with Crippen molar-refractivity contribution in [3.05, 3.63) is 82.2 Å². The normalized spacial score (nSPS) is 11.0. The number of benzene rings is 2. The quantitative estimate of drug-likeness (QED) is 0.750. The number of hydrogen-bond donors (Lipinski definition) is 1. The molecule has 0 atom stereocenters. The molecule has 0 radical (unpaired) electrons. The molecule has 114 valence electrons. The lowest BCUT2D eigenvalue weighted by atomic mass is 10.1. The first kappa shape index (κ1) is 14.8. The van der Waals surface area contributed by atoms with E-state index >= 15 is 0 Å². The smallest absolute Gasteiger partial charge is 0.248 e. The maximum Gasteiger partial charge on any atom is 0.248 e. The number of amides is 1. The van der Waals surface area contributed by atoms with Crippen LogP contribution < -0.4 is 10.7 Å². The third-order valence-corrected chi connectivity index (χ3v) is 3.41. The summed E-state index contributed by atoms with van der Waals surface area (Å²) in [6.45, 7) is 1.91. The van der Waals surface area contributed by atoms with Crippen molar-refractivity contribution in [2.24, 2.45) is 0 Å². The zero-order valence-corrected chi connectivity index (χ0v) is 12.6. The van der Waals surface area contributed by atoms with Crippen molar-refractivity contribution in [1.82, 2.24) is 0 Å². The summed E-state index contributed by atoms with van der Waals surface area (Å²) in [7, 11) is 0. The molecule has 0 aliphatic rings. The molecule has 0 spiro atoms. The Morgan fingerprint density at radius 1 is 1.13 bits per heavy atom. The number of aryl methyl sites for hydroxylation is 1. The molecule has 3 aromatic rings. The monoisotopic (exact) mass is 305 g/mol. The molecule has 0 unspecified atom stereocenters. The summed E-state index contributed by atoms with van der Waals surface area (Å²) in [5, 5.41) is 3.23. The number of fused-ring (bicyclic) bond motifs is 1. The van der Waals surface area contributed by atoms with Crippen molar-refractivity contribution in [2.45, 2.75) is 6.92 Å². The van der Waals surface area contributed by atoms with E-state index < -0.39 is 0 Å². The Morgan fingerprint density at radius 2 is 1.91 bits per heavy atom. The van der Waals surface area contributed by atoms with Crippen LogP contribution in [0.4, 0.5) is 5.69 Å². The van der Waals surface area contributed by atoms with Crippen LogP contribution in [0.1, 0.15) is 11.1 Å². The molecule has 0 aliphatic carbocycles. The average molecular weight is 305 g/mol. The Morgan fingerprint density at radius 3 is 2.70 bits per heavy atom. The topological polar surface area (TPSA) is 59.3 Å². The van der Waals surface area contributed by atoms with Crippen LogP contribution in [-0.4, -0.2) is 5.91 Å². The number of hydrogen-bond acceptors (Lipinski definition) is 3. The van der Waals surface area contributed by atoms with Crippen molar-refractivity contribution < 1.29 is 9.21 Å². The minimum Gasteiger partial charge on any atom is -0.463 e. The first-order chi connectivity index (χ1) is 11.1. The predicted molar refractivity (Wildman–Crippen MR) is 91.3 cm³/mol. The van der Waals surface area contributed by atoms with E-state index in [4.69, 9.17) is 4.42 Å². The maximum atomic E-state index is 12.4. The Balaban J connectivity index is 1.85. The van der Waals surface area contributed by atoms with Crippen LogP contribution >= 0.6 is 0 Å². The van der Waals surface area contributed by atoms with Crippen LogP contribution in [0.3, 0.4) is 0 Å². The van der Waals surface area contributed by atoms with Crippen molar-refractivity contribution in [3.8, 4) is 0 Å². The molecule has 3 rings (SSSR count). The van der Waals surface area contributed by atoms with Crippen LogP contribution in [0.2, 0.25) is 0 Å². The van der Waals surface area contributed by atoms with Crippen LogP contribution in [0.25, 0.3) is 17.0 Å². The fourth-order valence-corrected chi connectivity index (χ4v) is 2.25. The van der Waals surface area contributed by atoms with E-state index in [2.05, 4.69) is 5.32 Å². The minimum atomic E-state index is -0.306. The van der Waals surface area contributed by atoms with Crippen molar-refractivity contribution in [1.29, 1.82) is 0 Å². The summed E-state index contributed by atoms with van der Waals surface area (Å²) in [5.41, 5.74) is 2.40. The van der Waals surface area contributed by atoms with Gasteiger partial charge in [0.15, 0.2) is 5.43 Å². The fourth-order valence-electron chi connectivity index (χ4n) is 2.25. The van der Waals surface area contributed by atoms with Gasteiger partial charge >= 0.3 is 0 Å². The SMILES string of the molecule is Cc1ccc2occ(/C=C/C(=O)Nc3ccccc3)c(=O)c2c1. The standard InChI is InChI=1S/C19H15NO3/c1-13-7-9-17-16(11-13)19(22)14(12-23-17)8-10-18(21)20-15-5-3-2-4-6-15/h2-12H,1H3,(H,20,21)/b10-8+. The van der Waals surface area contributed by atoms with E-state index in [-0.39, 0.29) is 11.3 Å². The Hall–Kier alpha value is -3.14. The Bertz CT molecular complexity index is 940. The van der Waals surface area contributed by atoms with Crippen molar-refractivity contribution in [3.63, 3.8) is 0 Å². The average Bonchev–Trinajstić information content (AvgIpc) is 2.56. The molecule has 2 aromatic carbocycles. The lowest BCUT2D eigenvalue weighted by Gasteiger charge is -2.01. The second-order valence-corrected chi connectivity index (χ2v) is 5.21. The van der Waals surface area contributed by atoms with Gasteiger partial charge in [-0.05, 0) is 37.3 Å². The lowest BCUT2D eigenvalue weighted by Crippen LogP contribution is -2.09. The highest BCUT2D eigenvalue weighted by atomic mass is 16.3. The van der Waals surface area contributed by atoms with Gasteiger partial charge in [-0.1, -0.05) is 29.8 Å². The molecule has 0 fully saturated rings. The van der Waals surface area contributed by atoms with Gasteiger partial charge in [-0.25, -0.2) is 0 Å². The largest absolute Gasteiger partial charge is 0.463 e. The van der Waals surface area contributed by atoms with Crippen LogP contribution in [-0.2, 0) is 4.79 Å². The van der Waals surface area contributed by atoms with Gasteiger partial charge in [0.1, 0.15) is 11.8 Å². The van der Waals surface area contributed by atoms with Gasteiger partial charge in [0.05, 0.1) is 10.9 Å². The number of nitrogens with one attached hydrogen (secondary N) is 1. The number of carbonyl (C=O) groups excluding carboxylic acids is 1. The molecule has 1 N–H and O–H groups in total. The highest BCUT2D eigenvalue weighted by molar-refractivity contribution is 6.02. The van der Waals surface area contributed by atoms with Crippen LogP contribution in [0.5, 0.6) is 0 Å². The maximum absolute atomic E-state index is 12.4. The van der Waals surface area contributed by atoms with Gasteiger partial charge in [0, 0.05) is 11.8 Å². The highest BCUT2D eigenvalue weighted by Crippen LogP contribution is 2.14. The number of rotatable bonds is 3. The molecule has 0 saturated carbocycles. The third kappa shape index (κ3) is 3.37. The summed E-state index contributed by atoms with van der Waals surface area (Å²) in [4.78, 5) is 24.3. The molecule has 4 nitrogen and oxygen atoms in total. The predicted octanol–water partition coefficient (Wildman–Crippen LogP) is 3.75. The molecule has 1 amide bonds.